The van der Waals surface area contributed by atoms with Crippen LogP contribution in [0.3, 0.4) is 0 Å². The Hall–Kier alpha value is -4.13. The Balaban J connectivity index is 1.45. The highest BCUT2D eigenvalue weighted by Crippen LogP contribution is 2.38. The molecule has 2 N–H and O–H groups in total. The smallest absolute Gasteiger partial charge is 0.412 e. The normalized spacial score (nSPS) is 12.8. The van der Waals surface area contributed by atoms with E-state index in [0.717, 1.165) is 4.90 Å². The minimum atomic E-state index is -1.22. The molecule has 0 radical (unpaired) electrons. The highest BCUT2D eigenvalue weighted by atomic mass is 35.5. The van der Waals surface area contributed by atoms with Crippen LogP contribution in [-0.4, -0.2) is 55.5 Å². The molecule has 0 saturated heterocycles. The summed E-state index contributed by atoms with van der Waals surface area (Å²) < 4.78 is 26.9. The molecule has 2 aromatic carbocycles. The van der Waals surface area contributed by atoms with Gasteiger partial charge in [-0.3, -0.25) is 9.88 Å². The zero-order valence-electron chi connectivity index (χ0n) is 21.5. The number of ether oxygens (including phenoxy) is 2. The summed E-state index contributed by atoms with van der Waals surface area (Å²) in [5, 5.41) is 20.1. The maximum absolute atomic E-state index is 15.1. The summed E-state index contributed by atoms with van der Waals surface area (Å²) in [5.41, 5.74) is 2.86. The highest BCUT2D eigenvalue weighted by Gasteiger charge is 2.28. The molecule has 2 atom stereocenters. The van der Waals surface area contributed by atoms with Gasteiger partial charge < -0.3 is 19.7 Å². The van der Waals surface area contributed by atoms with Crippen molar-refractivity contribution in [2.24, 2.45) is 0 Å². The monoisotopic (exact) mass is 583 g/mol. The third kappa shape index (κ3) is 5.33. The average Bonchev–Trinajstić information content (AvgIpc) is 3.35. The van der Waals surface area contributed by atoms with Crippen molar-refractivity contribution in [2.45, 2.75) is 32.6 Å². The fourth-order valence-electron chi connectivity index (χ4n) is 4.15. The second-order valence-corrected chi connectivity index (χ2v) is 10.4. The van der Waals surface area contributed by atoms with Crippen LogP contribution in [-0.2, 0) is 6.61 Å². The number of aliphatic hydroxyl groups is 1. The van der Waals surface area contributed by atoms with Crippen molar-refractivity contribution in [1.82, 2.24) is 19.9 Å². The summed E-state index contributed by atoms with van der Waals surface area (Å²) in [7, 11) is 1.50. The summed E-state index contributed by atoms with van der Waals surface area (Å²) in [6.45, 7) is 3.04. The molecule has 0 saturated carbocycles. The van der Waals surface area contributed by atoms with Crippen molar-refractivity contribution in [3.8, 4) is 22.2 Å². The minimum absolute atomic E-state index is 0.0402. The van der Waals surface area contributed by atoms with Gasteiger partial charge in [-0.1, -0.05) is 11.6 Å². The number of hydrogen-bond donors (Lipinski definition) is 2. The molecule has 40 heavy (non-hydrogen) atoms. The second-order valence-electron chi connectivity index (χ2n) is 8.88. The van der Waals surface area contributed by atoms with E-state index in [2.05, 4.69) is 19.9 Å². The van der Waals surface area contributed by atoms with E-state index in [1.54, 1.807) is 38.1 Å². The first kappa shape index (κ1) is 27.4. The van der Waals surface area contributed by atoms with Gasteiger partial charge in [0.25, 0.3) is 0 Å². The van der Waals surface area contributed by atoms with Gasteiger partial charge in [0.15, 0.2) is 11.6 Å². The molecule has 1 amide bonds. The van der Waals surface area contributed by atoms with Gasteiger partial charge in [-0.2, -0.15) is 0 Å². The predicted octanol–water partition coefficient (Wildman–Crippen LogP) is 5.94. The van der Waals surface area contributed by atoms with Crippen molar-refractivity contribution < 1.29 is 28.9 Å². The Kier molecular flexibility index (Phi) is 7.66. The fourth-order valence-corrected chi connectivity index (χ4v) is 5.36. The predicted molar refractivity (Wildman–Crippen MR) is 150 cm³/mol. The molecule has 5 aromatic rings. The molecule has 0 spiro atoms. The number of aromatic nitrogens is 4. The summed E-state index contributed by atoms with van der Waals surface area (Å²) >= 11 is 7.64. The van der Waals surface area contributed by atoms with Crippen molar-refractivity contribution >= 4 is 56.0 Å². The number of methoxy groups -OCH3 is 1. The van der Waals surface area contributed by atoms with Crippen molar-refractivity contribution in [1.29, 1.82) is 0 Å². The molecule has 0 bridgehead atoms. The number of thiazole rings is 1. The van der Waals surface area contributed by atoms with Crippen LogP contribution in [0.15, 0.2) is 48.8 Å². The lowest BCUT2D eigenvalue weighted by Gasteiger charge is -2.31. The largest absolute Gasteiger partial charge is 0.485 e. The zero-order valence-corrected chi connectivity index (χ0v) is 23.1. The van der Waals surface area contributed by atoms with E-state index in [1.807, 2.05) is 0 Å². The molecule has 5 rings (SSSR count). The van der Waals surface area contributed by atoms with E-state index in [0.29, 0.717) is 54.1 Å². The summed E-state index contributed by atoms with van der Waals surface area (Å²) in [6.07, 6.45) is 0.890. The maximum Gasteiger partial charge on any atom is 0.412 e. The second kappa shape index (κ2) is 11.2. The lowest BCUT2D eigenvalue weighted by atomic mass is 10.1. The number of anilines is 1. The first-order chi connectivity index (χ1) is 19.2. The molecule has 0 fully saturated rings. The van der Waals surface area contributed by atoms with E-state index in [4.69, 9.17) is 21.1 Å². The number of nitrogens with zero attached hydrogens (tertiary/aromatic N) is 5. The van der Waals surface area contributed by atoms with Crippen LogP contribution in [0.25, 0.3) is 31.8 Å². The number of carboxylic acid groups (broad SMARTS) is 1. The number of fused-ring (bicyclic) bond motifs is 2. The van der Waals surface area contributed by atoms with Crippen LogP contribution in [0, 0.1) is 5.82 Å². The van der Waals surface area contributed by atoms with Gasteiger partial charge in [0.2, 0.25) is 5.88 Å². The lowest BCUT2D eigenvalue weighted by molar-refractivity contribution is 0.167. The Bertz CT molecular complexity index is 1720. The molecule has 0 aliphatic carbocycles. The van der Waals surface area contributed by atoms with Gasteiger partial charge in [-0.25, -0.2) is 24.1 Å². The Morgan fingerprint density at radius 2 is 1.93 bits per heavy atom. The molecule has 13 heteroatoms. The zero-order chi connectivity index (χ0) is 28.6. The van der Waals surface area contributed by atoms with Gasteiger partial charge in [-0.05, 0) is 38.1 Å². The topological polar surface area (TPSA) is 131 Å². The third-order valence-electron chi connectivity index (χ3n) is 6.33. The Morgan fingerprint density at radius 1 is 1.12 bits per heavy atom. The summed E-state index contributed by atoms with van der Waals surface area (Å²) in [5.74, 6) is -0.335. The number of rotatable bonds is 8. The number of benzene rings is 2. The number of amides is 1. The van der Waals surface area contributed by atoms with Crippen LogP contribution in [0.2, 0.25) is 5.02 Å². The van der Waals surface area contributed by atoms with Crippen LogP contribution < -0.4 is 14.4 Å². The Morgan fingerprint density at radius 3 is 2.60 bits per heavy atom. The number of pyridine rings is 1. The molecule has 206 valence electrons. The quantitative estimate of drug-likeness (QED) is 0.228. The third-order valence-corrected chi connectivity index (χ3v) is 7.60. The summed E-state index contributed by atoms with van der Waals surface area (Å²) in [6, 6.07) is 8.58. The van der Waals surface area contributed by atoms with Gasteiger partial charge in [0, 0.05) is 22.7 Å². The molecule has 10 nitrogen and oxygen atoms in total. The fraction of sp³-hybridized carbons (Fsp3) is 0.222. The van der Waals surface area contributed by atoms with Crippen LogP contribution in [0.1, 0.15) is 19.5 Å². The van der Waals surface area contributed by atoms with E-state index in [9.17, 15) is 15.0 Å². The van der Waals surface area contributed by atoms with Crippen molar-refractivity contribution in [2.75, 3.05) is 12.0 Å². The van der Waals surface area contributed by atoms with E-state index < -0.39 is 24.1 Å². The first-order valence-corrected chi connectivity index (χ1v) is 13.2. The lowest BCUT2D eigenvalue weighted by Crippen LogP contribution is -2.46. The minimum Gasteiger partial charge on any atom is -0.485 e. The van der Waals surface area contributed by atoms with E-state index >= 15 is 4.39 Å². The molecular formula is C27H23ClFN5O5S. The highest BCUT2D eigenvalue weighted by molar-refractivity contribution is 7.21. The molecule has 1 unspecified atom stereocenters. The van der Waals surface area contributed by atoms with Crippen LogP contribution >= 0.6 is 22.9 Å². The van der Waals surface area contributed by atoms with Gasteiger partial charge in [0.05, 0.1) is 64.8 Å². The molecule has 0 aliphatic rings. The van der Waals surface area contributed by atoms with E-state index in [-0.39, 0.29) is 12.4 Å². The summed E-state index contributed by atoms with van der Waals surface area (Å²) in [4.78, 5) is 30.6. The molecule has 0 aliphatic heterocycles. The maximum atomic E-state index is 15.1. The number of hydrogen-bond acceptors (Lipinski definition) is 9. The standard InChI is InChI=1S/C27H23ClFN5O5S/c1-13(34(27(36)37)17-5-4-16(12-35)30-10-17)14(2)39-22-9-23-20(8-19(22)29)33-26(40-23)18-6-15(28)7-21-25(18)31-11-24(32-21)38-3/h4-11,13-14,35H,12H2,1-3H3,(H,36,37)/t13?,14-/m0/s1. The first-order valence-electron chi connectivity index (χ1n) is 12.0. The number of carbonyl (C=O) groups is 1. The van der Waals surface area contributed by atoms with Crippen molar-refractivity contribution in [3.63, 3.8) is 0 Å². The number of aliphatic hydroxyl groups excluding tert-OH is 1. The van der Waals surface area contributed by atoms with Crippen LogP contribution in [0.5, 0.6) is 11.6 Å². The van der Waals surface area contributed by atoms with Gasteiger partial charge >= 0.3 is 6.09 Å². The Labute approximate surface area is 236 Å². The molecule has 3 heterocycles. The van der Waals surface area contributed by atoms with Crippen molar-refractivity contribution in [3.05, 3.63) is 65.3 Å². The van der Waals surface area contributed by atoms with Crippen LogP contribution in [0.4, 0.5) is 14.9 Å². The average molecular weight is 584 g/mol. The molecule has 3 aromatic heterocycles. The van der Waals surface area contributed by atoms with Gasteiger partial charge in [-0.15, -0.1) is 11.3 Å². The SMILES string of the molecule is COc1cnc2c(-c3nc4cc(F)c(O[C@@H](C)C(C)N(C(=O)O)c5ccc(CO)nc5)cc4s3)cc(Cl)cc2n1. The molecular weight excluding hydrogens is 561 g/mol. The van der Waals surface area contributed by atoms with E-state index in [1.165, 1.54) is 43.0 Å². The number of halogens is 2. The van der Waals surface area contributed by atoms with Gasteiger partial charge in [0.1, 0.15) is 11.1 Å².